The van der Waals surface area contributed by atoms with Crippen LogP contribution >= 0.6 is 0 Å². The molecule has 1 heterocycles. The van der Waals surface area contributed by atoms with Crippen LogP contribution < -0.4 is 11.1 Å². The molecule has 3 N–H and O–H groups in total. The third-order valence-electron chi connectivity index (χ3n) is 3.22. The maximum atomic E-state index is 12.1. The molecule has 1 aromatic rings. The third kappa shape index (κ3) is 4.37. The molecule has 0 aromatic heterocycles. The molecule has 4 heteroatoms. The van der Waals surface area contributed by atoms with Crippen LogP contribution in [0.25, 0.3) is 0 Å². The summed E-state index contributed by atoms with van der Waals surface area (Å²) in [4.78, 5) is 12.1. The van der Waals surface area contributed by atoms with Crippen LogP contribution in [0.15, 0.2) is 24.3 Å². The zero-order valence-corrected chi connectivity index (χ0v) is 11.5. The molecule has 0 saturated carbocycles. The van der Waals surface area contributed by atoms with Crippen LogP contribution in [-0.2, 0) is 4.74 Å². The average molecular weight is 272 g/mol. The maximum Gasteiger partial charge on any atom is 0.251 e. The minimum Gasteiger partial charge on any atom is -0.376 e. The first-order chi connectivity index (χ1) is 9.79. The first kappa shape index (κ1) is 14.6. The molecule has 0 radical (unpaired) electrons. The van der Waals surface area contributed by atoms with E-state index < -0.39 is 0 Å². The second-order valence-corrected chi connectivity index (χ2v) is 4.79. The lowest BCUT2D eigenvalue weighted by Crippen LogP contribution is -2.35. The Hall–Kier alpha value is -1.83. The smallest absolute Gasteiger partial charge is 0.251 e. The number of nitrogens with one attached hydrogen (secondary N) is 1. The van der Waals surface area contributed by atoms with Gasteiger partial charge in [0, 0.05) is 24.3 Å². The maximum absolute atomic E-state index is 12.1. The van der Waals surface area contributed by atoms with Gasteiger partial charge in [0.05, 0.1) is 12.6 Å². The summed E-state index contributed by atoms with van der Waals surface area (Å²) in [7, 11) is 0. The fourth-order valence-corrected chi connectivity index (χ4v) is 2.17. The molecule has 1 aliphatic rings. The van der Waals surface area contributed by atoms with Crippen LogP contribution in [0.3, 0.4) is 0 Å². The number of hydrogen-bond donors (Lipinski definition) is 2. The van der Waals surface area contributed by atoms with E-state index in [1.165, 1.54) is 6.42 Å². The van der Waals surface area contributed by atoms with E-state index in [0.29, 0.717) is 18.7 Å². The molecule has 1 saturated heterocycles. The quantitative estimate of drug-likeness (QED) is 0.815. The van der Waals surface area contributed by atoms with E-state index in [2.05, 4.69) is 17.2 Å². The van der Waals surface area contributed by atoms with Crippen molar-refractivity contribution in [2.24, 2.45) is 5.73 Å². The molecule has 1 fully saturated rings. The number of rotatable bonds is 3. The fourth-order valence-electron chi connectivity index (χ4n) is 2.17. The Morgan fingerprint density at radius 1 is 1.45 bits per heavy atom. The van der Waals surface area contributed by atoms with Crippen molar-refractivity contribution in [2.75, 3.05) is 19.7 Å². The van der Waals surface area contributed by atoms with Gasteiger partial charge in [0.25, 0.3) is 5.91 Å². The molecule has 2 rings (SSSR count). The van der Waals surface area contributed by atoms with Crippen LogP contribution in [-0.4, -0.2) is 31.7 Å². The van der Waals surface area contributed by atoms with Crippen molar-refractivity contribution in [3.05, 3.63) is 35.4 Å². The zero-order chi connectivity index (χ0) is 14.2. The Morgan fingerprint density at radius 3 is 3.10 bits per heavy atom. The predicted octanol–water partition coefficient (Wildman–Crippen LogP) is 1.30. The number of carbonyl (C=O) groups excluding carboxylic acids is 1. The number of benzene rings is 1. The number of amides is 1. The van der Waals surface area contributed by atoms with E-state index >= 15 is 0 Å². The van der Waals surface area contributed by atoms with Gasteiger partial charge in [0.1, 0.15) is 0 Å². The average Bonchev–Trinajstić information content (AvgIpc) is 2.52. The van der Waals surface area contributed by atoms with Crippen molar-refractivity contribution >= 4 is 5.91 Å². The molecule has 1 unspecified atom stereocenters. The van der Waals surface area contributed by atoms with Crippen LogP contribution in [0.2, 0.25) is 0 Å². The number of nitrogens with two attached hydrogens (primary N) is 1. The summed E-state index contributed by atoms with van der Waals surface area (Å²) in [5.41, 5.74) is 6.76. The Labute approximate surface area is 119 Å². The second kappa shape index (κ2) is 7.68. The fraction of sp³-hybridized carbons (Fsp3) is 0.438. The van der Waals surface area contributed by atoms with Gasteiger partial charge in [-0.05, 0) is 37.5 Å². The zero-order valence-electron chi connectivity index (χ0n) is 11.5. The summed E-state index contributed by atoms with van der Waals surface area (Å²) < 4.78 is 5.59. The Balaban J connectivity index is 1.91. The highest BCUT2D eigenvalue weighted by Crippen LogP contribution is 2.12. The molecule has 20 heavy (non-hydrogen) atoms. The van der Waals surface area contributed by atoms with Gasteiger partial charge in [0.15, 0.2) is 0 Å². The molecule has 1 aliphatic heterocycles. The van der Waals surface area contributed by atoms with Crippen LogP contribution in [0.4, 0.5) is 0 Å². The van der Waals surface area contributed by atoms with Crippen LogP contribution in [0, 0.1) is 11.8 Å². The van der Waals surface area contributed by atoms with Crippen molar-refractivity contribution in [1.29, 1.82) is 0 Å². The minimum atomic E-state index is -0.0874. The topological polar surface area (TPSA) is 64.4 Å². The largest absolute Gasteiger partial charge is 0.376 e. The molecule has 4 nitrogen and oxygen atoms in total. The van der Waals surface area contributed by atoms with Crippen molar-refractivity contribution in [1.82, 2.24) is 5.32 Å². The normalized spacial score (nSPS) is 17.9. The van der Waals surface area contributed by atoms with Gasteiger partial charge in [-0.15, -0.1) is 0 Å². The number of carbonyl (C=O) groups is 1. The summed E-state index contributed by atoms with van der Waals surface area (Å²) in [5, 5.41) is 2.92. The molecule has 1 aromatic carbocycles. The Morgan fingerprint density at radius 2 is 2.35 bits per heavy atom. The highest BCUT2D eigenvalue weighted by atomic mass is 16.5. The molecule has 0 aliphatic carbocycles. The monoisotopic (exact) mass is 272 g/mol. The summed E-state index contributed by atoms with van der Waals surface area (Å²) in [6.07, 6.45) is 3.45. The minimum absolute atomic E-state index is 0.0874. The summed E-state index contributed by atoms with van der Waals surface area (Å²) in [5.74, 6) is 5.62. The lowest BCUT2D eigenvalue weighted by Gasteiger charge is -2.22. The molecule has 1 atom stereocenters. The van der Waals surface area contributed by atoms with E-state index in [-0.39, 0.29) is 12.0 Å². The Bertz CT molecular complexity index is 511. The van der Waals surface area contributed by atoms with Crippen molar-refractivity contribution in [2.45, 2.75) is 25.4 Å². The first-order valence-electron chi connectivity index (χ1n) is 6.98. The van der Waals surface area contributed by atoms with Crippen molar-refractivity contribution in [3.63, 3.8) is 0 Å². The Kier molecular flexibility index (Phi) is 5.60. The van der Waals surface area contributed by atoms with Gasteiger partial charge in [0.2, 0.25) is 0 Å². The van der Waals surface area contributed by atoms with Crippen LogP contribution in [0.5, 0.6) is 0 Å². The van der Waals surface area contributed by atoms with Crippen LogP contribution in [0.1, 0.15) is 35.2 Å². The summed E-state index contributed by atoms with van der Waals surface area (Å²) >= 11 is 0. The second-order valence-electron chi connectivity index (χ2n) is 4.79. The van der Waals surface area contributed by atoms with E-state index in [1.807, 2.05) is 12.1 Å². The predicted molar refractivity (Wildman–Crippen MR) is 78.3 cm³/mol. The van der Waals surface area contributed by atoms with Crippen molar-refractivity contribution in [3.8, 4) is 11.8 Å². The summed E-state index contributed by atoms with van der Waals surface area (Å²) in [6, 6.07) is 7.25. The standard InChI is InChI=1S/C16H20N2O2/c17-9-4-6-13-5-3-7-14(11-13)16(19)18-12-15-8-1-2-10-20-15/h3,5,7,11,15H,1-2,8-10,12,17H2,(H,18,19). The third-order valence-corrected chi connectivity index (χ3v) is 3.22. The molecule has 0 spiro atoms. The van der Waals surface area contributed by atoms with Gasteiger partial charge < -0.3 is 15.8 Å². The van der Waals surface area contributed by atoms with Gasteiger partial charge in [-0.1, -0.05) is 17.9 Å². The van der Waals surface area contributed by atoms with Gasteiger partial charge in [-0.2, -0.15) is 0 Å². The van der Waals surface area contributed by atoms with Gasteiger partial charge in [-0.3, -0.25) is 4.79 Å². The molecule has 1 amide bonds. The molecular formula is C16H20N2O2. The molecule has 106 valence electrons. The van der Waals surface area contributed by atoms with E-state index in [4.69, 9.17) is 10.5 Å². The SMILES string of the molecule is NCC#Cc1cccc(C(=O)NCC2CCCCO2)c1. The molecule has 0 bridgehead atoms. The lowest BCUT2D eigenvalue weighted by atomic mass is 10.1. The summed E-state index contributed by atoms with van der Waals surface area (Å²) in [6.45, 7) is 1.68. The van der Waals surface area contributed by atoms with E-state index in [0.717, 1.165) is 25.0 Å². The number of hydrogen-bond acceptors (Lipinski definition) is 3. The lowest BCUT2D eigenvalue weighted by molar-refractivity contribution is 0.0169. The highest BCUT2D eigenvalue weighted by molar-refractivity contribution is 5.94. The van der Waals surface area contributed by atoms with Gasteiger partial charge in [-0.25, -0.2) is 0 Å². The van der Waals surface area contributed by atoms with E-state index in [1.54, 1.807) is 12.1 Å². The highest BCUT2D eigenvalue weighted by Gasteiger charge is 2.15. The molecular weight excluding hydrogens is 252 g/mol. The van der Waals surface area contributed by atoms with E-state index in [9.17, 15) is 4.79 Å². The first-order valence-corrected chi connectivity index (χ1v) is 6.98. The van der Waals surface area contributed by atoms with Gasteiger partial charge >= 0.3 is 0 Å². The van der Waals surface area contributed by atoms with Crippen molar-refractivity contribution < 1.29 is 9.53 Å². The number of ether oxygens (including phenoxy) is 1.